The van der Waals surface area contributed by atoms with Crippen molar-refractivity contribution in [2.24, 2.45) is 0 Å². The zero-order valence-electron chi connectivity index (χ0n) is 12.8. The van der Waals surface area contributed by atoms with Gasteiger partial charge in [0.15, 0.2) is 0 Å². The third-order valence-electron chi connectivity index (χ3n) is 3.74. The Labute approximate surface area is 127 Å². The molecule has 0 bridgehead atoms. The predicted octanol–water partition coefficient (Wildman–Crippen LogP) is 1.46. The quantitative estimate of drug-likeness (QED) is 0.835. The van der Waals surface area contributed by atoms with Crippen LogP contribution >= 0.6 is 0 Å². The minimum Gasteiger partial charge on any atom is -0.314 e. The second-order valence-corrected chi connectivity index (χ2v) is 7.63. The minimum atomic E-state index is -3.28. The fourth-order valence-electron chi connectivity index (χ4n) is 2.35. The lowest BCUT2D eigenvalue weighted by atomic mass is 10.0. The van der Waals surface area contributed by atoms with Gasteiger partial charge in [0.1, 0.15) is 0 Å². The summed E-state index contributed by atoms with van der Waals surface area (Å²) in [5, 5.41) is 3.26. The number of sulfonamides is 1. The van der Waals surface area contributed by atoms with Gasteiger partial charge in [-0.1, -0.05) is 26.0 Å². The zero-order chi connectivity index (χ0) is 15.3. The number of piperazine rings is 1. The van der Waals surface area contributed by atoms with Crippen molar-refractivity contribution in [3.05, 3.63) is 29.8 Å². The second kappa shape index (κ2) is 7.24. The Kier molecular flexibility index (Phi) is 5.61. The van der Waals surface area contributed by atoms with Gasteiger partial charge in [-0.25, -0.2) is 8.42 Å². The van der Waals surface area contributed by atoms with Gasteiger partial charge in [-0.05, 0) is 23.6 Å². The fourth-order valence-corrected chi connectivity index (χ4v) is 3.45. The van der Waals surface area contributed by atoms with E-state index in [0.717, 1.165) is 26.2 Å². The third kappa shape index (κ3) is 5.30. The standard InChI is InChI=1S/C15H25N3O2S/c1-13(2)14-3-5-15(6-4-14)17-21(19,20)12-11-18-9-7-16-8-10-18/h3-6,13,16-17H,7-12H2,1-2H3. The summed E-state index contributed by atoms with van der Waals surface area (Å²) in [5.41, 5.74) is 1.85. The van der Waals surface area contributed by atoms with E-state index in [2.05, 4.69) is 28.8 Å². The lowest BCUT2D eigenvalue weighted by Crippen LogP contribution is -2.45. The van der Waals surface area contributed by atoms with Crippen LogP contribution in [0.3, 0.4) is 0 Å². The lowest BCUT2D eigenvalue weighted by Gasteiger charge is -2.26. The summed E-state index contributed by atoms with van der Waals surface area (Å²) in [6.45, 7) is 8.52. The Balaban J connectivity index is 1.87. The smallest absolute Gasteiger partial charge is 0.233 e. The molecule has 5 nitrogen and oxygen atoms in total. The first kappa shape index (κ1) is 16.3. The molecule has 6 heteroatoms. The Morgan fingerprint density at radius 2 is 1.81 bits per heavy atom. The van der Waals surface area contributed by atoms with Gasteiger partial charge in [0.25, 0.3) is 0 Å². The highest BCUT2D eigenvalue weighted by Gasteiger charge is 2.15. The van der Waals surface area contributed by atoms with Gasteiger partial charge in [0.2, 0.25) is 10.0 Å². The fraction of sp³-hybridized carbons (Fsp3) is 0.600. The molecule has 1 aliphatic rings. The summed E-state index contributed by atoms with van der Waals surface area (Å²) < 4.78 is 26.9. The van der Waals surface area contributed by atoms with Gasteiger partial charge < -0.3 is 5.32 Å². The van der Waals surface area contributed by atoms with E-state index in [4.69, 9.17) is 0 Å². The maximum absolute atomic E-state index is 12.1. The first-order chi connectivity index (χ1) is 9.96. The molecular formula is C15H25N3O2S. The van der Waals surface area contributed by atoms with E-state index >= 15 is 0 Å². The molecule has 1 aromatic carbocycles. The Morgan fingerprint density at radius 3 is 2.38 bits per heavy atom. The molecule has 0 aromatic heterocycles. The van der Waals surface area contributed by atoms with E-state index in [1.54, 1.807) is 0 Å². The van der Waals surface area contributed by atoms with Gasteiger partial charge in [-0.2, -0.15) is 0 Å². The molecule has 2 N–H and O–H groups in total. The van der Waals surface area contributed by atoms with E-state index in [1.165, 1.54) is 5.56 Å². The molecule has 21 heavy (non-hydrogen) atoms. The monoisotopic (exact) mass is 311 g/mol. The molecule has 0 radical (unpaired) electrons. The van der Waals surface area contributed by atoms with Crippen LogP contribution in [0, 0.1) is 0 Å². The highest BCUT2D eigenvalue weighted by Crippen LogP contribution is 2.17. The molecule has 0 saturated carbocycles. The van der Waals surface area contributed by atoms with Crippen LogP contribution in [0.5, 0.6) is 0 Å². The maximum Gasteiger partial charge on any atom is 0.233 e. The molecule has 0 aliphatic carbocycles. The first-order valence-corrected chi connectivity index (χ1v) is 9.15. The third-order valence-corrected chi connectivity index (χ3v) is 5.00. The summed E-state index contributed by atoms with van der Waals surface area (Å²) in [6.07, 6.45) is 0. The zero-order valence-corrected chi connectivity index (χ0v) is 13.6. The van der Waals surface area contributed by atoms with Crippen molar-refractivity contribution < 1.29 is 8.42 Å². The average Bonchev–Trinajstić information content (AvgIpc) is 2.46. The van der Waals surface area contributed by atoms with Crippen LogP contribution in [-0.2, 0) is 10.0 Å². The first-order valence-electron chi connectivity index (χ1n) is 7.50. The molecule has 1 aromatic rings. The van der Waals surface area contributed by atoms with E-state index in [9.17, 15) is 8.42 Å². The Morgan fingerprint density at radius 1 is 1.19 bits per heavy atom. The van der Waals surface area contributed by atoms with Crippen LogP contribution in [0.15, 0.2) is 24.3 Å². The molecule has 0 atom stereocenters. The molecule has 0 unspecified atom stereocenters. The highest BCUT2D eigenvalue weighted by atomic mass is 32.2. The average molecular weight is 311 g/mol. The SMILES string of the molecule is CC(C)c1ccc(NS(=O)(=O)CCN2CCNCC2)cc1. The second-order valence-electron chi connectivity index (χ2n) is 5.79. The lowest BCUT2D eigenvalue weighted by molar-refractivity contribution is 0.254. The molecule has 1 fully saturated rings. The highest BCUT2D eigenvalue weighted by molar-refractivity contribution is 7.92. The van der Waals surface area contributed by atoms with Crippen molar-refractivity contribution in [1.82, 2.24) is 10.2 Å². The van der Waals surface area contributed by atoms with Gasteiger partial charge in [-0.15, -0.1) is 0 Å². The molecule has 1 heterocycles. The van der Waals surface area contributed by atoms with E-state index in [-0.39, 0.29) is 5.75 Å². The topological polar surface area (TPSA) is 61.4 Å². The van der Waals surface area contributed by atoms with Crippen LogP contribution in [0.25, 0.3) is 0 Å². The van der Waals surface area contributed by atoms with Crippen LogP contribution < -0.4 is 10.0 Å². The summed E-state index contributed by atoms with van der Waals surface area (Å²) in [5.74, 6) is 0.585. The Hall–Kier alpha value is -1.11. The van der Waals surface area contributed by atoms with Crippen LogP contribution in [-0.4, -0.2) is 51.8 Å². The summed E-state index contributed by atoms with van der Waals surface area (Å²) >= 11 is 0. The largest absolute Gasteiger partial charge is 0.314 e. The normalized spacial score (nSPS) is 17.1. The molecule has 0 spiro atoms. The van der Waals surface area contributed by atoms with Gasteiger partial charge in [-0.3, -0.25) is 9.62 Å². The molecule has 1 saturated heterocycles. The van der Waals surface area contributed by atoms with E-state index in [1.807, 2.05) is 24.3 Å². The van der Waals surface area contributed by atoms with Crippen molar-refractivity contribution in [2.45, 2.75) is 19.8 Å². The number of anilines is 1. The molecule has 0 amide bonds. The summed E-state index contributed by atoms with van der Waals surface area (Å²) in [6, 6.07) is 7.60. The summed E-state index contributed by atoms with van der Waals surface area (Å²) in [4.78, 5) is 2.18. The molecule has 2 rings (SSSR count). The van der Waals surface area contributed by atoms with Crippen molar-refractivity contribution in [2.75, 3.05) is 43.2 Å². The number of rotatable bonds is 6. The molecule has 1 aliphatic heterocycles. The summed E-state index contributed by atoms with van der Waals surface area (Å²) in [7, 11) is -3.28. The number of nitrogens with zero attached hydrogens (tertiary/aromatic N) is 1. The Bertz CT molecular complexity index is 535. The maximum atomic E-state index is 12.1. The van der Waals surface area contributed by atoms with Crippen molar-refractivity contribution in [1.29, 1.82) is 0 Å². The van der Waals surface area contributed by atoms with Crippen molar-refractivity contribution >= 4 is 15.7 Å². The van der Waals surface area contributed by atoms with E-state index < -0.39 is 10.0 Å². The number of nitrogens with one attached hydrogen (secondary N) is 2. The van der Waals surface area contributed by atoms with Crippen molar-refractivity contribution in [3.8, 4) is 0 Å². The number of hydrogen-bond donors (Lipinski definition) is 2. The number of benzene rings is 1. The molecule has 118 valence electrons. The van der Waals surface area contributed by atoms with Gasteiger partial charge >= 0.3 is 0 Å². The van der Waals surface area contributed by atoms with Crippen molar-refractivity contribution in [3.63, 3.8) is 0 Å². The predicted molar refractivity (Wildman–Crippen MR) is 87.3 cm³/mol. The number of hydrogen-bond acceptors (Lipinski definition) is 4. The minimum absolute atomic E-state index is 0.138. The van der Waals surface area contributed by atoms with Gasteiger partial charge in [0.05, 0.1) is 5.75 Å². The van der Waals surface area contributed by atoms with Crippen LogP contribution in [0.4, 0.5) is 5.69 Å². The van der Waals surface area contributed by atoms with Crippen LogP contribution in [0.1, 0.15) is 25.3 Å². The van der Waals surface area contributed by atoms with Gasteiger partial charge in [0, 0.05) is 38.4 Å². The molecular weight excluding hydrogens is 286 g/mol. The van der Waals surface area contributed by atoms with E-state index in [0.29, 0.717) is 18.2 Å². The van der Waals surface area contributed by atoms with Crippen LogP contribution in [0.2, 0.25) is 0 Å².